The van der Waals surface area contributed by atoms with E-state index in [1.165, 1.54) is 37.8 Å². The average Bonchev–Trinajstić information content (AvgIpc) is 2.85. The lowest BCUT2D eigenvalue weighted by Crippen LogP contribution is -2.44. The third-order valence-corrected chi connectivity index (χ3v) is 7.40. The van der Waals surface area contributed by atoms with Gasteiger partial charge in [0.05, 0.1) is 0 Å². The first-order valence-corrected chi connectivity index (χ1v) is 12.3. The van der Waals surface area contributed by atoms with Gasteiger partial charge < -0.3 is 15.1 Å². The van der Waals surface area contributed by atoms with Gasteiger partial charge in [0.15, 0.2) is 0 Å². The summed E-state index contributed by atoms with van der Waals surface area (Å²) in [5.41, 5.74) is 2.91. The van der Waals surface area contributed by atoms with Gasteiger partial charge in [-0.25, -0.2) is 4.98 Å². The molecule has 3 heterocycles. The van der Waals surface area contributed by atoms with Crippen molar-refractivity contribution in [3.05, 3.63) is 52.9 Å². The molecule has 7 nitrogen and oxygen atoms in total. The van der Waals surface area contributed by atoms with Gasteiger partial charge in [-0.3, -0.25) is 9.36 Å². The Morgan fingerprint density at radius 2 is 1.70 bits per heavy atom. The number of piperazine rings is 1. The van der Waals surface area contributed by atoms with Crippen molar-refractivity contribution in [2.24, 2.45) is 5.92 Å². The highest BCUT2D eigenvalue weighted by Gasteiger charge is 2.24. The lowest BCUT2D eigenvalue weighted by molar-refractivity contribution is 0.264. The van der Waals surface area contributed by atoms with E-state index in [4.69, 9.17) is 4.98 Å². The molecule has 3 aromatic rings. The smallest absolute Gasteiger partial charge is 0.252 e. The summed E-state index contributed by atoms with van der Waals surface area (Å²) in [6.45, 7) is 6.45. The molecule has 1 aliphatic carbocycles. The van der Waals surface area contributed by atoms with E-state index in [0.29, 0.717) is 17.5 Å². The molecule has 0 bridgehead atoms. The predicted octanol–water partition coefficient (Wildman–Crippen LogP) is 4.43. The quantitative estimate of drug-likeness (QED) is 0.626. The number of pyridine rings is 1. The van der Waals surface area contributed by atoms with Gasteiger partial charge in [0, 0.05) is 61.2 Å². The highest BCUT2D eigenvalue weighted by Crippen LogP contribution is 2.33. The molecule has 1 unspecified atom stereocenters. The van der Waals surface area contributed by atoms with Crippen molar-refractivity contribution in [3.8, 4) is 0 Å². The number of anilines is 3. The summed E-state index contributed by atoms with van der Waals surface area (Å²) in [6.07, 6.45) is 7.98. The van der Waals surface area contributed by atoms with Crippen molar-refractivity contribution < 1.29 is 0 Å². The van der Waals surface area contributed by atoms with Crippen LogP contribution in [0, 0.1) is 5.92 Å². The monoisotopic (exact) mass is 446 g/mol. The van der Waals surface area contributed by atoms with Gasteiger partial charge in [0.2, 0.25) is 5.95 Å². The van der Waals surface area contributed by atoms with Crippen LogP contribution < -0.4 is 15.8 Å². The van der Waals surface area contributed by atoms with Crippen molar-refractivity contribution in [2.75, 3.05) is 43.4 Å². The Bertz CT molecular complexity index is 1140. The van der Waals surface area contributed by atoms with Crippen LogP contribution in [-0.4, -0.2) is 52.7 Å². The highest BCUT2D eigenvalue weighted by molar-refractivity contribution is 5.76. The molecule has 7 heteroatoms. The number of nitrogens with one attached hydrogen (secondary N) is 1. The number of fused-ring (bicyclic) bond motifs is 1. The first-order valence-electron chi connectivity index (χ1n) is 12.3. The van der Waals surface area contributed by atoms with E-state index < -0.39 is 0 Å². The third kappa shape index (κ3) is 4.74. The molecule has 1 atom stereocenters. The van der Waals surface area contributed by atoms with Crippen LogP contribution in [-0.2, 0) is 0 Å². The molecule has 5 rings (SSSR count). The predicted molar refractivity (Wildman–Crippen MR) is 135 cm³/mol. The average molecular weight is 447 g/mol. The summed E-state index contributed by atoms with van der Waals surface area (Å²) in [5.74, 6) is 1.04. The fourth-order valence-corrected chi connectivity index (χ4v) is 5.27. The topological polar surface area (TPSA) is 66.3 Å². The lowest BCUT2D eigenvalue weighted by Gasteiger charge is -2.34. The van der Waals surface area contributed by atoms with Crippen molar-refractivity contribution in [1.82, 2.24) is 19.4 Å². The van der Waals surface area contributed by atoms with Crippen molar-refractivity contribution >= 4 is 28.4 Å². The molecule has 0 spiro atoms. The molecule has 1 saturated carbocycles. The summed E-state index contributed by atoms with van der Waals surface area (Å²) < 4.78 is 1.88. The second-order valence-corrected chi connectivity index (χ2v) is 9.62. The van der Waals surface area contributed by atoms with Crippen LogP contribution in [0.15, 0.2) is 47.4 Å². The van der Waals surface area contributed by atoms with Crippen LogP contribution in [0.25, 0.3) is 11.0 Å². The van der Waals surface area contributed by atoms with Crippen LogP contribution in [0.5, 0.6) is 0 Å². The Morgan fingerprint density at radius 3 is 2.42 bits per heavy atom. The Morgan fingerprint density at radius 1 is 0.970 bits per heavy atom. The number of benzene rings is 1. The molecule has 33 heavy (non-hydrogen) atoms. The number of hydrogen-bond acceptors (Lipinski definition) is 6. The van der Waals surface area contributed by atoms with E-state index in [-0.39, 0.29) is 11.6 Å². The second kappa shape index (κ2) is 9.51. The standard InChI is InChI=1S/C26H34N6O/c1-19(20-6-4-3-5-7-20)32-24(33)13-8-21-18-27-26(29-25(21)32)28-22-9-11-23(12-10-22)31-16-14-30(2)15-17-31/h8-13,18-20H,3-7,14-17H2,1-2H3,(H,27,28,29). The zero-order valence-electron chi connectivity index (χ0n) is 19.7. The third-order valence-electron chi connectivity index (χ3n) is 7.40. The summed E-state index contributed by atoms with van der Waals surface area (Å²) in [4.78, 5) is 27.0. The Labute approximate surface area is 195 Å². The first kappa shape index (κ1) is 21.9. The van der Waals surface area contributed by atoms with E-state index in [1.807, 2.05) is 16.8 Å². The molecule has 0 amide bonds. The van der Waals surface area contributed by atoms with E-state index in [0.717, 1.165) is 37.3 Å². The van der Waals surface area contributed by atoms with Gasteiger partial charge in [-0.15, -0.1) is 0 Å². The molecule has 0 radical (unpaired) electrons. The zero-order valence-corrected chi connectivity index (χ0v) is 19.7. The largest absolute Gasteiger partial charge is 0.369 e. The lowest BCUT2D eigenvalue weighted by atomic mass is 9.84. The highest BCUT2D eigenvalue weighted by atomic mass is 16.1. The van der Waals surface area contributed by atoms with Crippen molar-refractivity contribution in [2.45, 2.75) is 45.1 Å². The molecule has 1 aliphatic heterocycles. The minimum absolute atomic E-state index is 0.0155. The van der Waals surface area contributed by atoms with Crippen LogP contribution in [0.2, 0.25) is 0 Å². The molecule has 1 N–H and O–H groups in total. The Kier molecular flexibility index (Phi) is 6.31. The molecule has 2 fully saturated rings. The normalized spacial score (nSPS) is 19.0. The van der Waals surface area contributed by atoms with Crippen LogP contribution in [0.3, 0.4) is 0 Å². The fraction of sp³-hybridized carbons (Fsp3) is 0.500. The van der Waals surface area contributed by atoms with E-state index >= 15 is 0 Å². The van der Waals surface area contributed by atoms with Crippen molar-refractivity contribution in [1.29, 1.82) is 0 Å². The number of likely N-dealkylation sites (N-methyl/N-ethyl adjacent to an activating group) is 1. The van der Waals surface area contributed by atoms with E-state index in [1.54, 1.807) is 6.07 Å². The Hall–Kier alpha value is -2.93. The van der Waals surface area contributed by atoms with Gasteiger partial charge in [-0.2, -0.15) is 4.98 Å². The van der Waals surface area contributed by atoms with E-state index in [2.05, 4.69) is 58.3 Å². The summed E-state index contributed by atoms with van der Waals surface area (Å²) in [5, 5.41) is 4.23. The van der Waals surface area contributed by atoms with E-state index in [9.17, 15) is 4.79 Å². The van der Waals surface area contributed by atoms with Gasteiger partial charge in [0.1, 0.15) is 5.65 Å². The summed E-state index contributed by atoms with van der Waals surface area (Å²) in [6, 6.07) is 12.1. The summed E-state index contributed by atoms with van der Waals surface area (Å²) in [7, 11) is 2.17. The Balaban J connectivity index is 1.38. The minimum atomic E-state index is 0.0155. The van der Waals surface area contributed by atoms with Gasteiger partial charge in [-0.1, -0.05) is 19.3 Å². The maximum absolute atomic E-state index is 12.9. The molecule has 174 valence electrons. The molecule has 2 aromatic heterocycles. The number of rotatable bonds is 5. The number of aromatic nitrogens is 3. The maximum atomic E-state index is 12.9. The fourth-order valence-electron chi connectivity index (χ4n) is 5.27. The first-order chi connectivity index (χ1) is 16.1. The van der Waals surface area contributed by atoms with Gasteiger partial charge >= 0.3 is 0 Å². The molecular formula is C26H34N6O. The van der Waals surface area contributed by atoms with Gasteiger partial charge in [0.25, 0.3) is 5.56 Å². The summed E-state index contributed by atoms with van der Waals surface area (Å²) >= 11 is 0. The number of nitrogens with zero attached hydrogens (tertiary/aromatic N) is 5. The van der Waals surface area contributed by atoms with Crippen LogP contribution >= 0.6 is 0 Å². The zero-order chi connectivity index (χ0) is 22.8. The molecule has 1 saturated heterocycles. The van der Waals surface area contributed by atoms with Crippen molar-refractivity contribution in [3.63, 3.8) is 0 Å². The number of hydrogen-bond donors (Lipinski definition) is 1. The molecule has 2 aliphatic rings. The molecule has 1 aromatic carbocycles. The minimum Gasteiger partial charge on any atom is -0.369 e. The SMILES string of the molecule is CC(C1CCCCC1)n1c(=O)ccc2cnc(Nc3ccc(N4CCN(C)CC4)cc3)nc21. The second-order valence-electron chi connectivity index (χ2n) is 9.62. The van der Waals surface area contributed by atoms with Crippen LogP contribution in [0.4, 0.5) is 17.3 Å². The molecular weight excluding hydrogens is 412 g/mol. The maximum Gasteiger partial charge on any atom is 0.252 e. The van der Waals surface area contributed by atoms with Gasteiger partial charge in [-0.05, 0) is 63.1 Å². The van der Waals surface area contributed by atoms with Crippen LogP contribution in [0.1, 0.15) is 45.1 Å².